The van der Waals surface area contributed by atoms with Gasteiger partial charge in [0.1, 0.15) is 0 Å². The van der Waals surface area contributed by atoms with Crippen LogP contribution >= 0.6 is 12.2 Å². The Morgan fingerprint density at radius 1 is 1.27 bits per heavy atom. The second-order valence-electron chi connectivity index (χ2n) is 5.33. The number of unbranched alkanes of at least 4 members (excludes halogenated alkanes) is 1. The maximum absolute atomic E-state index is 12.6. The van der Waals surface area contributed by atoms with Crippen molar-refractivity contribution >= 4 is 23.0 Å². The predicted octanol–water partition coefficient (Wildman–Crippen LogP) is 5.21. The molecule has 0 spiro atoms. The Kier molecular flexibility index (Phi) is 7.65. The van der Waals surface area contributed by atoms with Crippen molar-refractivity contribution in [2.45, 2.75) is 45.7 Å². The standard InChI is InChI=1S/C16H23F3N2S/c1-3-5-7-12(4-2)11-20-15(22)21-14-9-6-8-13(10-14)16(17,18)19/h6,8-10,12H,3-5,7,11H2,1-2H3,(H2,20,21,22). The maximum atomic E-state index is 12.6. The van der Waals surface area contributed by atoms with Gasteiger partial charge < -0.3 is 10.6 Å². The van der Waals surface area contributed by atoms with Crippen LogP contribution in [-0.2, 0) is 6.18 Å². The molecule has 0 bridgehead atoms. The lowest BCUT2D eigenvalue weighted by atomic mass is 9.99. The Morgan fingerprint density at radius 2 is 2.00 bits per heavy atom. The Hall–Kier alpha value is -1.30. The first kappa shape index (κ1) is 18.7. The van der Waals surface area contributed by atoms with Gasteiger partial charge in [0.25, 0.3) is 0 Å². The first-order chi connectivity index (χ1) is 10.4. The van der Waals surface area contributed by atoms with E-state index >= 15 is 0 Å². The molecule has 0 amide bonds. The van der Waals surface area contributed by atoms with E-state index in [2.05, 4.69) is 24.5 Å². The number of hydrogen-bond acceptors (Lipinski definition) is 1. The number of anilines is 1. The minimum atomic E-state index is -4.35. The van der Waals surface area contributed by atoms with E-state index in [-0.39, 0.29) is 0 Å². The van der Waals surface area contributed by atoms with Gasteiger partial charge in [0.2, 0.25) is 0 Å². The van der Waals surface area contributed by atoms with Crippen molar-refractivity contribution in [1.29, 1.82) is 0 Å². The SMILES string of the molecule is CCCCC(CC)CNC(=S)Nc1cccc(C(F)(F)F)c1. The van der Waals surface area contributed by atoms with Crippen LogP contribution < -0.4 is 10.6 Å². The van der Waals surface area contributed by atoms with Gasteiger partial charge in [-0.2, -0.15) is 13.2 Å². The number of benzene rings is 1. The Morgan fingerprint density at radius 3 is 2.59 bits per heavy atom. The molecule has 0 saturated carbocycles. The molecule has 2 nitrogen and oxygen atoms in total. The van der Waals surface area contributed by atoms with Crippen molar-refractivity contribution in [1.82, 2.24) is 5.32 Å². The van der Waals surface area contributed by atoms with Gasteiger partial charge in [-0.1, -0.05) is 39.2 Å². The van der Waals surface area contributed by atoms with Crippen molar-refractivity contribution in [3.8, 4) is 0 Å². The molecule has 0 aliphatic carbocycles. The topological polar surface area (TPSA) is 24.1 Å². The lowest BCUT2D eigenvalue weighted by Gasteiger charge is -2.17. The van der Waals surface area contributed by atoms with Crippen LogP contribution in [0.5, 0.6) is 0 Å². The largest absolute Gasteiger partial charge is 0.416 e. The monoisotopic (exact) mass is 332 g/mol. The summed E-state index contributed by atoms with van der Waals surface area (Å²) in [5.74, 6) is 0.529. The van der Waals surface area contributed by atoms with Crippen molar-refractivity contribution < 1.29 is 13.2 Å². The number of halogens is 3. The van der Waals surface area contributed by atoms with E-state index in [9.17, 15) is 13.2 Å². The highest BCUT2D eigenvalue weighted by molar-refractivity contribution is 7.80. The second-order valence-corrected chi connectivity index (χ2v) is 5.74. The smallest absolute Gasteiger partial charge is 0.362 e. The predicted molar refractivity (Wildman–Crippen MR) is 89.0 cm³/mol. The summed E-state index contributed by atoms with van der Waals surface area (Å²) in [6.45, 7) is 5.02. The average Bonchev–Trinajstić information content (AvgIpc) is 2.47. The van der Waals surface area contributed by atoms with Crippen LogP contribution in [0.25, 0.3) is 0 Å². The first-order valence-electron chi connectivity index (χ1n) is 7.58. The number of rotatable bonds is 7. The molecule has 22 heavy (non-hydrogen) atoms. The van der Waals surface area contributed by atoms with Crippen molar-refractivity contribution in [3.05, 3.63) is 29.8 Å². The molecule has 1 aromatic carbocycles. The molecular weight excluding hydrogens is 309 g/mol. The highest BCUT2D eigenvalue weighted by Gasteiger charge is 2.30. The quantitative estimate of drug-likeness (QED) is 0.670. The van der Waals surface area contributed by atoms with E-state index < -0.39 is 11.7 Å². The normalized spacial score (nSPS) is 12.8. The summed E-state index contributed by atoms with van der Waals surface area (Å²) < 4.78 is 37.9. The molecule has 1 unspecified atom stereocenters. The summed E-state index contributed by atoms with van der Waals surface area (Å²) in [4.78, 5) is 0. The number of hydrogen-bond donors (Lipinski definition) is 2. The molecule has 0 radical (unpaired) electrons. The third-order valence-corrected chi connectivity index (χ3v) is 3.79. The second kappa shape index (κ2) is 8.98. The summed E-state index contributed by atoms with van der Waals surface area (Å²) in [5, 5.41) is 6.25. The summed E-state index contributed by atoms with van der Waals surface area (Å²) in [6, 6.07) is 5.03. The number of alkyl halides is 3. The molecule has 0 aromatic heterocycles. The molecule has 1 rings (SSSR count). The fourth-order valence-corrected chi connectivity index (χ4v) is 2.33. The van der Waals surface area contributed by atoms with E-state index in [4.69, 9.17) is 12.2 Å². The zero-order valence-corrected chi connectivity index (χ0v) is 13.8. The van der Waals surface area contributed by atoms with E-state index in [1.807, 2.05) is 0 Å². The molecule has 0 fully saturated rings. The summed E-state index contributed by atoms with van der Waals surface area (Å²) in [7, 11) is 0. The zero-order chi connectivity index (χ0) is 16.6. The maximum Gasteiger partial charge on any atom is 0.416 e. The van der Waals surface area contributed by atoms with Crippen LogP contribution in [-0.4, -0.2) is 11.7 Å². The molecule has 1 aromatic rings. The highest BCUT2D eigenvalue weighted by Crippen LogP contribution is 2.30. The summed E-state index contributed by atoms with van der Waals surface area (Å²) in [5.41, 5.74) is -0.344. The van der Waals surface area contributed by atoms with Crippen molar-refractivity contribution in [2.24, 2.45) is 5.92 Å². The molecule has 0 saturated heterocycles. The van der Waals surface area contributed by atoms with Crippen LogP contribution in [0.4, 0.5) is 18.9 Å². The van der Waals surface area contributed by atoms with Crippen LogP contribution in [0, 0.1) is 5.92 Å². The molecule has 0 aliphatic heterocycles. The minimum absolute atomic E-state index is 0.342. The fraction of sp³-hybridized carbons (Fsp3) is 0.562. The van der Waals surface area contributed by atoms with Crippen LogP contribution in [0.15, 0.2) is 24.3 Å². The summed E-state index contributed by atoms with van der Waals surface area (Å²) in [6.07, 6.45) is 0.170. The van der Waals surface area contributed by atoms with Gasteiger partial charge in [0.05, 0.1) is 5.56 Å². The van der Waals surface area contributed by atoms with Crippen LogP contribution in [0.3, 0.4) is 0 Å². The molecule has 1 atom stereocenters. The zero-order valence-electron chi connectivity index (χ0n) is 13.0. The number of nitrogens with one attached hydrogen (secondary N) is 2. The molecule has 0 aliphatic rings. The van der Waals surface area contributed by atoms with E-state index in [0.717, 1.165) is 37.9 Å². The molecule has 2 N–H and O–H groups in total. The highest BCUT2D eigenvalue weighted by atomic mass is 32.1. The molecule has 0 heterocycles. The summed E-state index contributed by atoms with van der Waals surface area (Å²) >= 11 is 5.15. The van der Waals surface area contributed by atoms with Gasteiger partial charge in [-0.15, -0.1) is 0 Å². The molecule has 6 heteroatoms. The lowest BCUT2D eigenvalue weighted by molar-refractivity contribution is -0.137. The van der Waals surface area contributed by atoms with Gasteiger partial charge in [0.15, 0.2) is 5.11 Å². The number of thiocarbonyl (C=S) groups is 1. The van der Waals surface area contributed by atoms with Gasteiger partial charge in [-0.25, -0.2) is 0 Å². The van der Waals surface area contributed by atoms with Crippen molar-refractivity contribution in [3.63, 3.8) is 0 Å². The van der Waals surface area contributed by atoms with E-state index in [1.54, 1.807) is 6.07 Å². The first-order valence-corrected chi connectivity index (χ1v) is 7.99. The van der Waals surface area contributed by atoms with Crippen LogP contribution in [0.1, 0.15) is 45.1 Å². The van der Waals surface area contributed by atoms with Gasteiger partial charge >= 0.3 is 6.18 Å². The average molecular weight is 332 g/mol. The third-order valence-electron chi connectivity index (χ3n) is 3.54. The van der Waals surface area contributed by atoms with Gasteiger partial charge in [-0.3, -0.25) is 0 Å². The van der Waals surface area contributed by atoms with Crippen LogP contribution in [0.2, 0.25) is 0 Å². The molecular formula is C16H23F3N2S. The van der Waals surface area contributed by atoms with E-state index in [1.165, 1.54) is 12.5 Å². The Bertz CT molecular complexity index is 475. The third kappa shape index (κ3) is 6.64. The minimum Gasteiger partial charge on any atom is -0.362 e. The fourth-order valence-electron chi connectivity index (χ4n) is 2.13. The van der Waals surface area contributed by atoms with Crippen molar-refractivity contribution in [2.75, 3.05) is 11.9 Å². The molecule has 124 valence electrons. The van der Waals surface area contributed by atoms with Gasteiger partial charge in [0, 0.05) is 12.2 Å². The lowest BCUT2D eigenvalue weighted by Crippen LogP contribution is -2.32. The van der Waals surface area contributed by atoms with Gasteiger partial charge in [-0.05, 0) is 42.8 Å². The van der Waals surface area contributed by atoms with E-state index in [0.29, 0.717) is 16.7 Å². The Balaban J connectivity index is 2.51. The Labute approximate surface area is 135 Å².